The molecule has 0 atom stereocenters. The van der Waals surface area contributed by atoms with E-state index in [1.807, 2.05) is 0 Å². The Morgan fingerprint density at radius 1 is 1.30 bits per heavy atom. The standard InChI is InChI=1S/C15H24N4O/c1-11(2)9-16-14-8-13(17-10-18-14)15(20)19-12-6-4-3-5-7-12/h8,10-12H,3-7,9H2,1-2H3,(H,19,20)(H,16,17,18). The van der Waals surface area contributed by atoms with Gasteiger partial charge in [0.15, 0.2) is 0 Å². The first-order valence-corrected chi connectivity index (χ1v) is 7.52. The van der Waals surface area contributed by atoms with Crippen LogP contribution < -0.4 is 10.6 Å². The molecule has 1 amide bonds. The maximum absolute atomic E-state index is 12.2. The van der Waals surface area contributed by atoms with Crippen molar-refractivity contribution in [2.45, 2.75) is 52.0 Å². The molecule has 0 aromatic carbocycles. The number of nitrogens with zero attached hydrogens (tertiary/aromatic N) is 2. The summed E-state index contributed by atoms with van der Waals surface area (Å²) in [5.41, 5.74) is 0.442. The van der Waals surface area contributed by atoms with Crippen LogP contribution in [0.2, 0.25) is 0 Å². The maximum atomic E-state index is 12.2. The lowest BCUT2D eigenvalue weighted by Gasteiger charge is -2.22. The summed E-state index contributed by atoms with van der Waals surface area (Å²) in [6.45, 7) is 5.09. The fourth-order valence-electron chi connectivity index (χ4n) is 2.39. The highest BCUT2D eigenvalue weighted by Gasteiger charge is 2.17. The zero-order chi connectivity index (χ0) is 14.4. The van der Waals surface area contributed by atoms with Gasteiger partial charge in [-0.15, -0.1) is 0 Å². The van der Waals surface area contributed by atoms with Crippen molar-refractivity contribution in [1.29, 1.82) is 0 Å². The van der Waals surface area contributed by atoms with Gasteiger partial charge in [0, 0.05) is 18.7 Å². The van der Waals surface area contributed by atoms with Gasteiger partial charge in [0.05, 0.1) is 0 Å². The van der Waals surface area contributed by atoms with Crippen molar-refractivity contribution in [3.63, 3.8) is 0 Å². The normalized spacial score (nSPS) is 16.1. The van der Waals surface area contributed by atoms with Crippen molar-refractivity contribution in [3.05, 3.63) is 18.1 Å². The van der Waals surface area contributed by atoms with Crippen molar-refractivity contribution < 1.29 is 4.79 Å². The zero-order valence-electron chi connectivity index (χ0n) is 12.4. The van der Waals surface area contributed by atoms with Gasteiger partial charge in [-0.1, -0.05) is 33.1 Å². The lowest BCUT2D eigenvalue weighted by atomic mass is 9.95. The third-order valence-corrected chi connectivity index (χ3v) is 3.53. The Morgan fingerprint density at radius 3 is 2.75 bits per heavy atom. The van der Waals surface area contributed by atoms with Crippen LogP contribution in [0.15, 0.2) is 12.4 Å². The third-order valence-electron chi connectivity index (χ3n) is 3.53. The highest BCUT2D eigenvalue weighted by molar-refractivity contribution is 5.93. The molecule has 1 heterocycles. The smallest absolute Gasteiger partial charge is 0.270 e. The van der Waals surface area contributed by atoms with E-state index in [4.69, 9.17) is 0 Å². The Balaban J connectivity index is 1.93. The summed E-state index contributed by atoms with van der Waals surface area (Å²) in [4.78, 5) is 20.4. The lowest BCUT2D eigenvalue weighted by Crippen LogP contribution is -2.36. The second-order valence-corrected chi connectivity index (χ2v) is 5.87. The highest BCUT2D eigenvalue weighted by atomic mass is 16.1. The monoisotopic (exact) mass is 276 g/mol. The van der Waals surface area contributed by atoms with Crippen molar-refractivity contribution in [2.24, 2.45) is 5.92 Å². The summed E-state index contributed by atoms with van der Waals surface area (Å²) in [6, 6.07) is 2.03. The Bertz CT molecular complexity index is 441. The largest absolute Gasteiger partial charge is 0.370 e. The Kier molecular flexibility index (Phi) is 5.32. The van der Waals surface area contributed by atoms with E-state index in [-0.39, 0.29) is 5.91 Å². The molecule has 20 heavy (non-hydrogen) atoms. The van der Waals surface area contributed by atoms with Gasteiger partial charge < -0.3 is 10.6 Å². The molecule has 1 aliphatic carbocycles. The van der Waals surface area contributed by atoms with Gasteiger partial charge >= 0.3 is 0 Å². The van der Waals surface area contributed by atoms with Crippen LogP contribution in [0, 0.1) is 5.92 Å². The van der Waals surface area contributed by atoms with Crippen LogP contribution >= 0.6 is 0 Å². The van der Waals surface area contributed by atoms with Crippen LogP contribution in [0.4, 0.5) is 5.82 Å². The molecular formula is C15H24N4O. The molecule has 1 aromatic heterocycles. The summed E-state index contributed by atoms with van der Waals surface area (Å²) >= 11 is 0. The second kappa shape index (κ2) is 7.22. The molecule has 5 heteroatoms. The number of rotatable bonds is 5. The molecule has 2 rings (SSSR count). The molecule has 0 unspecified atom stereocenters. The lowest BCUT2D eigenvalue weighted by molar-refractivity contribution is 0.0922. The molecule has 0 aliphatic heterocycles. The predicted molar refractivity (Wildman–Crippen MR) is 79.7 cm³/mol. The molecule has 0 spiro atoms. The van der Waals surface area contributed by atoms with Crippen LogP contribution in [-0.2, 0) is 0 Å². The van der Waals surface area contributed by atoms with Gasteiger partial charge in [-0.2, -0.15) is 0 Å². The van der Waals surface area contributed by atoms with Crippen molar-refractivity contribution in [3.8, 4) is 0 Å². The third kappa shape index (κ3) is 4.47. The first-order valence-electron chi connectivity index (χ1n) is 7.52. The van der Waals surface area contributed by atoms with E-state index in [2.05, 4.69) is 34.4 Å². The quantitative estimate of drug-likeness (QED) is 0.867. The Labute approximate surface area is 120 Å². The topological polar surface area (TPSA) is 66.9 Å². The van der Waals surface area contributed by atoms with Gasteiger partial charge in [0.25, 0.3) is 5.91 Å². The highest BCUT2D eigenvalue weighted by Crippen LogP contribution is 2.17. The zero-order valence-corrected chi connectivity index (χ0v) is 12.4. The molecule has 0 radical (unpaired) electrons. The minimum absolute atomic E-state index is 0.0908. The number of carbonyl (C=O) groups excluding carboxylic acids is 1. The molecule has 1 aromatic rings. The van der Waals surface area contributed by atoms with Crippen molar-refractivity contribution in [2.75, 3.05) is 11.9 Å². The van der Waals surface area contributed by atoms with E-state index in [9.17, 15) is 4.79 Å². The molecule has 1 fully saturated rings. The van der Waals surface area contributed by atoms with Gasteiger partial charge in [-0.25, -0.2) is 9.97 Å². The molecule has 5 nitrogen and oxygen atoms in total. The summed E-state index contributed by atoms with van der Waals surface area (Å²) in [7, 11) is 0. The molecule has 2 N–H and O–H groups in total. The van der Waals surface area contributed by atoms with E-state index >= 15 is 0 Å². The number of nitrogens with one attached hydrogen (secondary N) is 2. The fourth-order valence-corrected chi connectivity index (χ4v) is 2.39. The maximum Gasteiger partial charge on any atom is 0.270 e. The average molecular weight is 276 g/mol. The number of aromatic nitrogens is 2. The number of anilines is 1. The number of carbonyl (C=O) groups is 1. The summed E-state index contributed by atoms with van der Waals surface area (Å²) < 4.78 is 0. The number of hydrogen-bond donors (Lipinski definition) is 2. The van der Waals surface area contributed by atoms with E-state index in [1.54, 1.807) is 6.07 Å². The second-order valence-electron chi connectivity index (χ2n) is 5.87. The summed E-state index contributed by atoms with van der Waals surface area (Å²) in [6.07, 6.45) is 7.29. The van der Waals surface area contributed by atoms with Crippen LogP contribution in [0.25, 0.3) is 0 Å². The van der Waals surface area contributed by atoms with Crippen LogP contribution in [-0.4, -0.2) is 28.5 Å². The first-order chi connectivity index (χ1) is 9.65. The molecule has 1 aliphatic rings. The fraction of sp³-hybridized carbons (Fsp3) is 0.667. The Morgan fingerprint density at radius 2 is 2.05 bits per heavy atom. The van der Waals surface area contributed by atoms with Crippen LogP contribution in [0.3, 0.4) is 0 Å². The number of amides is 1. The summed E-state index contributed by atoms with van der Waals surface area (Å²) in [5.74, 6) is 1.15. The molecule has 0 bridgehead atoms. The number of hydrogen-bond acceptors (Lipinski definition) is 4. The minimum Gasteiger partial charge on any atom is -0.370 e. The van der Waals surface area contributed by atoms with Crippen LogP contribution in [0.5, 0.6) is 0 Å². The van der Waals surface area contributed by atoms with E-state index in [1.165, 1.54) is 25.6 Å². The first kappa shape index (κ1) is 14.8. The summed E-state index contributed by atoms with van der Waals surface area (Å²) in [5, 5.41) is 6.28. The van der Waals surface area contributed by atoms with Crippen molar-refractivity contribution in [1.82, 2.24) is 15.3 Å². The molecule has 0 saturated heterocycles. The Hall–Kier alpha value is -1.65. The molecule has 110 valence electrons. The van der Waals surface area contributed by atoms with Gasteiger partial charge in [-0.3, -0.25) is 4.79 Å². The van der Waals surface area contributed by atoms with Gasteiger partial charge in [0.2, 0.25) is 0 Å². The predicted octanol–water partition coefficient (Wildman–Crippen LogP) is 2.61. The minimum atomic E-state index is -0.0908. The van der Waals surface area contributed by atoms with Gasteiger partial charge in [0.1, 0.15) is 17.8 Å². The van der Waals surface area contributed by atoms with Crippen molar-refractivity contribution >= 4 is 11.7 Å². The van der Waals surface area contributed by atoms with Gasteiger partial charge in [-0.05, 0) is 18.8 Å². The SMILES string of the molecule is CC(C)CNc1cc(C(=O)NC2CCCCC2)ncn1. The average Bonchev–Trinajstić information content (AvgIpc) is 2.46. The van der Waals surface area contributed by atoms with Crippen LogP contribution in [0.1, 0.15) is 56.4 Å². The van der Waals surface area contributed by atoms with E-state index in [0.717, 1.165) is 19.4 Å². The molecule has 1 saturated carbocycles. The molecular weight excluding hydrogens is 252 g/mol. The van der Waals surface area contributed by atoms with E-state index in [0.29, 0.717) is 23.5 Å². The van der Waals surface area contributed by atoms with E-state index < -0.39 is 0 Å².